The topological polar surface area (TPSA) is 76.2 Å². The summed E-state index contributed by atoms with van der Waals surface area (Å²) in [6, 6.07) is 0. The average molecular weight is 134 g/mol. The number of rotatable bonds is 1. The molecule has 8 heavy (non-hydrogen) atoms. The molecule has 1 aromatic rings. The van der Waals surface area contributed by atoms with Crippen LogP contribution in [0.2, 0.25) is 0 Å². The minimum atomic E-state index is -2.07. The quantitative estimate of drug-likeness (QED) is 0.531. The molecule has 1 atom stereocenters. The van der Waals surface area contributed by atoms with Gasteiger partial charge >= 0.3 is 0 Å². The van der Waals surface area contributed by atoms with Gasteiger partial charge in [0.2, 0.25) is 16.1 Å². The van der Waals surface area contributed by atoms with Crippen molar-refractivity contribution < 1.29 is 13.4 Å². The van der Waals surface area contributed by atoms with Crippen molar-refractivity contribution in [1.82, 2.24) is 10.3 Å². The van der Waals surface area contributed by atoms with Gasteiger partial charge < -0.3 is 4.55 Å². The summed E-state index contributed by atoms with van der Waals surface area (Å²) in [7, 11) is 0. The maximum absolute atomic E-state index is 10.0. The van der Waals surface area contributed by atoms with E-state index in [0.717, 1.165) is 6.20 Å². The normalized spacial score (nSPS) is 13.6. The van der Waals surface area contributed by atoms with E-state index in [4.69, 9.17) is 4.55 Å². The summed E-state index contributed by atoms with van der Waals surface area (Å²) in [6.45, 7) is 0. The molecule has 0 spiro atoms. The molecule has 0 radical (unpaired) electrons. The fourth-order valence-electron chi connectivity index (χ4n) is 0.233. The van der Waals surface area contributed by atoms with Crippen molar-refractivity contribution in [2.75, 3.05) is 0 Å². The summed E-state index contributed by atoms with van der Waals surface area (Å²) >= 11 is -2.07. The van der Waals surface area contributed by atoms with E-state index in [2.05, 4.69) is 14.9 Å². The van der Waals surface area contributed by atoms with Crippen LogP contribution < -0.4 is 0 Å². The summed E-state index contributed by atoms with van der Waals surface area (Å²) in [6.07, 6.45) is 1.08. The molecular formula is C2H2N2O3S. The van der Waals surface area contributed by atoms with Gasteiger partial charge in [0.15, 0.2) is 0 Å². The van der Waals surface area contributed by atoms with Crippen molar-refractivity contribution in [3.8, 4) is 0 Å². The van der Waals surface area contributed by atoms with Crippen molar-refractivity contribution >= 4 is 11.1 Å². The smallest absolute Gasteiger partial charge is 0.218 e. The number of hydrogen-bond donors (Lipinski definition) is 1. The van der Waals surface area contributed by atoms with Crippen LogP contribution in [-0.4, -0.2) is 19.1 Å². The third-order valence-electron chi connectivity index (χ3n) is 0.520. The van der Waals surface area contributed by atoms with E-state index in [1.54, 1.807) is 0 Å². The van der Waals surface area contributed by atoms with Gasteiger partial charge in [0.05, 0.1) is 0 Å². The minimum absolute atomic E-state index is 0.0648. The molecular weight excluding hydrogens is 132 g/mol. The predicted molar refractivity (Wildman–Crippen MR) is 23.3 cm³/mol. The molecule has 0 saturated heterocycles. The Kier molecular flexibility index (Phi) is 1.36. The molecule has 0 bridgehead atoms. The fourth-order valence-corrected chi connectivity index (χ4v) is 0.463. The third kappa shape index (κ3) is 0.903. The molecule has 6 heteroatoms. The monoisotopic (exact) mass is 134 g/mol. The first-order valence-electron chi connectivity index (χ1n) is 1.69. The lowest BCUT2D eigenvalue weighted by atomic mass is 11.0. The minimum Gasteiger partial charge on any atom is -0.301 e. The Morgan fingerprint density at radius 2 is 2.62 bits per heavy atom. The highest BCUT2D eigenvalue weighted by molar-refractivity contribution is 7.79. The van der Waals surface area contributed by atoms with E-state index in [9.17, 15) is 4.21 Å². The van der Waals surface area contributed by atoms with Gasteiger partial charge in [0.25, 0.3) is 0 Å². The summed E-state index contributed by atoms with van der Waals surface area (Å²) in [5.41, 5.74) is 0. The van der Waals surface area contributed by atoms with Crippen LogP contribution in [0, 0.1) is 0 Å². The first kappa shape index (κ1) is 5.39. The molecule has 0 aliphatic carbocycles. The lowest BCUT2D eigenvalue weighted by Gasteiger charge is -1.74. The van der Waals surface area contributed by atoms with Gasteiger partial charge in [-0.3, -0.25) is 0 Å². The SMILES string of the molecule is O=S(O)c1cnon1. The summed E-state index contributed by atoms with van der Waals surface area (Å²) < 4.78 is 22.3. The first-order valence-corrected chi connectivity index (χ1v) is 2.80. The highest BCUT2D eigenvalue weighted by atomic mass is 32.2. The van der Waals surface area contributed by atoms with Gasteiger partial charge in [0, 0.05) is 0 Å². The molecule has 0 amide bonds. The lowest BCUT2D eigenvalue weighted by molar-refractivity contribution is 0.297. The zero-order chi connectivity index (χ0) is 5.98. The fraction of sp³-hybridized carbons (Fsp3) is 0. The van der Waals surface area contributed by atoms with E-state index in [1.165, 1.54) is 0 Å². The zero-order valence-electron chi connectivity index (χ0n) is 3.64. The molecule has 5 nitrogen and oxygen atoms in total. The van der Waals surface area contributed by atoms with E-state index < -0.39 is 11.1 Å². The van der Waals surface area contributed by atoms with Gasteiger partial charge in [-0.15, -0.1) is 0 Å². The standard InChI is InChI=1S/C2H2N2O3S/c5-8(6)2-1-3-7-4-2/h1H,(H,5,6). The van der Waals surface area contributed by atoms with Gasteiger partial charge in [-0.25, -0.2) is 8.84 Å². The average Bonchev–Trinajstić information content (AvgIpc) is 2.12. The lowest BCUT2D eigenvalue weighted by Crippen LogP contribution is -1.85. The Bertz CT molecular complexity index is 183. The number of nitrogens with zero attached hydrogens (tertiary/aromatic N) is 2. The van der Waals surface area contributed by atoms with E-state index in [-0.39, 0.29) is 5.03 Å². The maximum Gasteiger partial charge on any atom is 0.218 e. The highest BCUT2D eigenvalue weighted by Gasteiger charge is 2.01. The van der Waals surface area contributed by atoms with E-state index in [0.29, 0.717) is 0 Å². The number of hydrogen-bond acceptors (Lipinski definition) is 4. The maximum atomic E-state index is 10.0. The predicted octanol–water partition coefficient (Wildman–Crippen LogP) is -0.350. The van der Waals surface area contributed by atoms with Gasteiger partial charge in [-0.05, 0) is 5.16 Å². The summed E-state index contributed by atoms with van der Waals surface area (Å²) in [4.78, 5) is 0. The molecule has 0 fully saturated rings. The Morgan fingerprint density at radius 3 is 2.88 bits per heavy atom. The molecule has 0 saturated carbocycles. The zero-order valence-corrected chi connectivity index (χ0v) is 4.46. The van der Waals surface area contributed by atoms with Gasteiger partial charge in [-0.1, -0.05) is 5.16 Å². The van der Waals surface area contributed by atoms with Crippen LogP contribution in [-0.2, 0) is 11.1 Å². The second-order valence-electron chi connectivity index (χ2n) is 0.995. The van der Waals surface area contributed by atoms with Crippen LogP contribution in [0.4, 0.5) is 0 Å². The van der Waals surface area contributed by atoms with Crippen molar-refractivity contribution in [3.63, 3.8) is 0 Å². The molecule has 1 N–H and O–H groups in total. The Morgan fingerprint density at radius 1 is 1.88 bits per heavy atom. The largest absolute Gasteiger partial charge is 0.301 e. The second kappa shape index (κ2) is 2.01. The van der Waals surface area contributed by atoms with Crippen molar-refractivity contribution in [2.24, 2.45) is 0 Å². The summed E-state index contributed by atoms with van der Waals surface area (Å²) in [5.74, 6) is 0. The van der Waals surface area contributed by atoms with Gasteiger partial charge in [-0.2, -0.15) is 0 Å². The first-order chi connectivity index (χ1) is 3.80. The van der Waals surface area contributed by atoms with E-state index >= 15 is 0 Å². The number of aromatic nitrogens is 2. The third-order valence-corrected chi connectivity index (χ3v) is 1.06. The summed E-state index contributed by atoms with van der Waals surface area (Å²) in [5, 5.41) is 6.12. The van der Waals surface area contributed by atoms with Crippen molar-refractivity contribution in [1.29, 1.82) is 0 Å². The molecule has 1 unspecified atom stereocenters. The molecule has 1 rings (SSSR count). The molecule has 0 aliphatic heterocycles. The molecule has 1 aromatic heterocycles. The van der Waals surface area contributed by atoms with Crippen molar-refractivity contribution in [3.05, 3.63) is 6.20 Å². The van der Waals surface area contributed by atoms with Crippen molar-refractivity contribution in [2.45, 2.75) is 5.03 Å². The Hall–Kier alpha value is -0.750. The van der Waals surface area contributed by atoms with Crippen LogP contribution in [0.25, 0.3) is 0 Å². The van der Waals surface area contributed by atoms with Gasteiger partial charge in [0.1, 0.15) is 6.20 Å². The van der Waals surface area contributed by atoms with Crippen LogP contribution in [0.1, 0.15) is 0 Å². The molecule has 0 aromatic carbocycles. The molecule has 0 aliphatic rings. The van der Waals surface area contributed by atoms with Crippen LogP contribution >= 0.6 is 0 Å². The van der Waals surface area contributed by atoms with Crippen LogP contribution in [0.3, 0.4) is 0 Å². The highest BCUT2D eigenvalue weighted by Crippen LogP contribution is 1.93. The Balaban J connectivity index is 2.93. The van der Waals surface area contributed by atoms with Crippen LogP contribution in [0.5, 0.6) is 0 Å². The molecule has 44 valence electrons. The molecule has 1 heterocycles. The Labute approximate surface area is 46.9 Å². The van der Waals surface area contributed by atoms with Crippen LogP contribution in [0.15, 0.2) is 15.9 Å². The van der Waals surface area contributed by atoms with E-state index in [1.807, 2.05) is 0 Å². The second-order valence-corrected chi connectivity index (χ2v) is 1.91.